The van der Waals surface area contributed by atoms with E-state index < -0.39 is 0 Å². The van der Waals surface area contributed by atoms with Crippen molar-refractivity contribution in [3.05, 3.63) is 64.7 Å². The van der Waals surface area contributed by atoms with E-state index >= 15 is 0 Å². The Bertz CT molecular complexity index is 609. The molecule has 0 radical (unpaired) electrons. The van der Waals surface area contributed by atoms with Crippen LogP contribution in [0.15, 0.2) is 42.5 Å². The van der Waals surface area contributed by atoms with Crippen LogP contribution in [-0.2, 0) is 6.42 Å². The molecule has 2 aromatic rings. The van der Waals surface area contributed by atoms with Crippen molar-refractivity contribution in [3.8, 4) is 6.07 Å². The van der Waals surface area contributed by atoms with Crippen molar-refractivity contribution in [1.29, 1.82) is 5.26 Å². The van der Waals surface area contributed by atoms with Gasteiger partial charge in [-0.3, -0.25) is 0 Å². The lowest BCUT2D eigenvalue weighted by Gasteiger charge is -2.09. The molecule has 0 aromatic heterocycles. The summed E-state index contributed by atoms with van der Waals surface area (Å²) in [5.41, 5.74) is 5.34. The molecule has 1 N–H and O–H groups in total. The van der Waals surface area contributed by atoms with E-state index in [0.717, 1.165) is 24.2 Å². The molecular formula is C17H18N2. The van der Waals surface area contributed by atoms with Crippen molar-refractivity contribution in [1.82, 2.24) is 0 Å². The molecule has 19 heavy (non-hydrogen) atoms. The van der Waals surface area contributed by atoms with Crippen LogP contribution in [0, 0.1) is 25.2 Å². The van der Waals surface area contributed by atoms with Crippen LogP contribution >= 0.6 is 0 Å². The molecular weight excluding hydrogens is 232 g/mol. The van der Waals surface area contributed by atoms with Crippen LogP contribution in [-0.4, -0.2) is 6.54 Å². The second-order valence-corrected chi connectivity index (χ2v) is 4.83. The molecule has 0 bridgehead atoms. The number of nitrogens with one attached hydrogen (secondary N) is 1. The largest absolute Gasteiger partial charge is 0.384 e. The van der Waals surface area contributed by atoms with Crippen molar-refractivity contribution in [2.45, 2.75) is 20.3 Å². The van der Waals surface area contributed by atoms with Crippen LogP contribution in [0.1, 0.15) is 22.3 Å². The third-order valence-corrected chi connectivity index (χ3v) is 3.11. The normalized spacial score (nSPS) is 9.95. The summed E-state index contributed by atoms with van der Waals surface area (Å²) in [6.07, 6.45) is 0.959. The minimum Gasteiger partial charge on any atom is -0.384 e. The Morgan fingerprint density at radius 1 is 1.05 bits per heavy atom. The van der Waals surface area contributed by atoms with Gasteiger partial charge in [0, 0.05) is 6.54 Å². The maximum atomic E-state index is 9.11. The fourth-order valence-corrected chi connectivity index (χ4v) is 2.11. The van der Waals surface area contributed by atoms with Gasteiger partial charge in [0.1, 0.15) is 6.07 Å². The zero-order valence-corrected chi connectivity index (χ0v) is 11.4. The van der Waals surface area contributed by atoms with E-state index in [9.17, 15) is 0 Å². The van der Waals surface area contributed by atoms with Crippen molar-refractivity contribution in [2.75, 3.05) is 11.9 Å². The summed E-state index contributed by atoms with van der Waals surface area (Å²) in [5, 5.41) is 12.4. The molecule has 2 heteroatoms. The maximum Gasteiger partial charge on any atom is 0.101 e. The summed E-state index contributed by atoms with van der Waals surface area (Å²) in [6, 6.07) is 16.7. The second-order valence-electron chi connectivity index (χ2n) is 4.83. The van der Waals surface area contributed by atoms with Gasteiger partial charge < -0.3 is 5.32 Å². The molecule has 0 aliphatic rings. The Hall–Kier alpha value is -2.27. The van der Waals surface area contributed by atoms with Gasteiger partial charge in [0.25, 0.3) is 0 Å². The Balaban J connectivity index is 1.98. The minimum absolute atomic E-state index is 0.712. The average molecular weight is 250 g/mol. The van der Waals surface area contributed by atoms with Crippen LogP contribution in [0.2, 0.25) is 0 Å². The predicted octanol–water partition coefficient (Wildman–Crippen LogP) is 3.83. The van der Waals surface area contributed by atoms with Crippen molar-refractivity contribution in [3.63, 3.8) is 0 Å². The molecule has 0 saturated heterocycles. The zero-order chi connectivity index (χ0) is 13.7. The Kier molecular flexibility index (Phi) is 4.20. The van der Waals surface area contributed by atoms with Crippen LogP contribution in [0.25, 0.3) is 0 Å². The molecule has 0 fully saturated rings. The van der Waals surface area contributed by atoms with Crippen LogP contribution in [0.3, 0.4) is 0 Å². The van der Waals surface area contributed by atoms with E-state index in [2.05, 4.69) is 42.6 Å². The minimum atomic E-state index is 0.712. The number of anilines is 1. The average Bonchev–Trinajstić information content (AvgIpc) is 2.40. The van der Waals surface area contributed by atoms with Crippen molar-refractivity contribution < 1.29 is 0 Å². The third kappa shape index (κ3) is 3.59. The molecule has 0 atom stereocenters. The van der Waals surface area contributed by atoms with Gasteiger partial charge in [0.05, 0.1) is 11.3 Å². The Morgan fingerprint density at radius 3 is 2.58 bits per heavy atom. The highest BCUT2D eigenvalue weighted by atomic mass is 14.9. The van der Waals surface area contributed by atoms with Gasteiger partial charge in [-0.2, -0.15) is 5.26 Å². The molecule has 2 rings (SSSR count). The summed E-state index contributed by atoms with van der Waals surface area (Å²) < 4.78 is 0. The fraction of sp³-hybridized carbons (Fsp3) is 0.235. The molecule has 0 unspecified atom stereocenters. The first-order valence-corrected chi connectivity index (χ1v) is 6.49. The first-order valence-electron chi connectivity index (χ1n) is 6.49. The fourth-order valence-electron chi connectivity index (χ4n) is 2.11. The summed E-state index contributed by atoms with van der Waals surface area (Å²) in [6.45, 7) is 4.93. The maximum absolute atomic E-state index is 9.11. The van der Waals surface area contributed by atoms with Gasteiger partial charge in [-0.25, -0.2) is 0 Å². The van der Waals surface area contributed by atoms with E-state index in [-0.39, 0.29) is 0 Å². The number of rotatable bonds is 4. The van der Waals surface area contributed by atoms with Gasteiger partial charge in [-0.15, -0.1) is 0 Å². The summed E-state index contributed by atoms with van der Waals surface area (Å²) in [5.74, 6) is 0. The lowest BCUT2D eigenvalue weighted by molar-refractivity contribution is 1.02. The molecule has 2 aromatic carbocycles. The van der Waals surface area contributed by atoms with Gasteiger partial charge in [0.2, 0.25) is 0 Å². The lowest BCUT2D eigenvalue weighted by Crippen LogP contribution is -2.06. The number of nitriles is 1. The van der Waals surface area contributed by atoms with Crippen molar-refractivity contribution >= 4 is 5.69 Å². The SMILES string of the molecule is Cc1cccc(CCNc2ccc(C)cc2C#N)c1. The highest BCUT2D eigenvalue weighted by Crippen LogP contribution is 2.16. The first kappa shape index (κ1) is 13.2. The third-order valence-electron chi connectivity index (χ3n) is 3.11. The highest BCUT2D eigenvalue weighted by molar-refractivity contribution is 5.58. The van der Waals surface area contributed by atoms with Gasteiger partial charge in [-0.05, 0) is 43.5 Å². The number of benzene rings is 2. The van der Waals surface area contributed by atoms with Crippen molar-refractivity contribution in [2.24, 2.45) is 0 Å². The van der Waals surface area contributed by atoms with E-state index in [1.54, 1.807) is 0 Å². The van der Waals surface area contributed by atoms with Gasteiger partial charge in [0.15, 0.2) is 0 Å². The molecule has 0 saturated carbocycles. The number of hydrogen-bond acceptors (Lipinski definition) is 2. The monoisotopic (exact) mass is 250 g/mol. The second kappa shape index (κ2) is 6.06. The predicted molar refractivity (Wildman–Crippen MR) is 79.3 cm³/mol. The summed E-state index contributed by atoms with van der Waals surface area (Å²) >= 11 is 0. The van der Waals surface area contributed by atoms with Gasteiger partial charge >= 0.3 is 0 Å². The first-order chi connectivity index (χ1) is 9.19. The molecule has 0 aliphatic carbocycles. The molecule has 0 spiro atoms. The number of aryl methyl sites for hydroxylation is 2. The lowest BCUT2D eigenvalue weighted by atomic mass is 10.1. The number of nitrogens with zero attached hydrogens (tertiary/aromatic N) is 1. The van der Waals surface area contributed by atoms with Gasteiger partial charge in [-0.1, -0.05) is 35.9 Å². The molecule has 2 nitrogen and oxygen atoms in total. The van der Waals surface area contributed by atoms with Crippen LogP contribution < -0.4 is 5.32 Å². The molecule has 0 aliphatic heterocycles. The summed E-state index contributed by atoms with van der Waals surface area (Å²) in [7, 11) is 0. The quantitative estimate of drug-likeness (QED) is 0.895. The summed E-state index contributed by atoms with van der Waals surface area (Å²) in [4.78, 5) is 0. The standard InChI is InChI=1S/C17H18N2/c1-13-4-3-5-15(10-13)8-9-19-17-7-6-14(2)11-16(17)12-18/h3-7,10-11,19H,8-9H2,1-2H3. The smallest absolute Gasteiger partial charge is 0.101 e. The van der Waals surface area contributed by atoms with E-state index in [1.165, 1.54) is 11.1 Å². The number of hydrogen-bond donors (Lipinski definition) is 1. The molecule has 0 amide bonds. The molecule has 0 heterocycles. The Labute approximate surface area is 114 Å². The topological polar surface area (TPSA) is 35.8 Å². The zero-order valence-electron chi connectivity index (χ0n) is 11.4. The van der Waals surface area contributed by atoms with E-state index in [4.69, 9.17) is 5.26 Å². The molecule has 96 valence electrons. The van der Waals surface area contributed by atoms with Crippen LogP contribution in [0.4, 0.5) is 5.69 Å². The van der Waals surface area contributed by atoms with E-state index in [1.807, 2.05) is 25.1 Å². The van der Waals surface area contributed by atoms with Crippen LogP contribution in [0.5, 0.6) is 0 Å². The highest BCUT2D eigenvalue weighted by Gasteiger charge is 2.01. The Morgan fingerprint density at radius 2 is 1.84 bits per heavy atom. The van der Waals surface area contributed by atoms with E-state index in [0.29, 0.717) is 5.56 Å².